The molecule has 1 aromatic heterocycles. The van der Waals surface area contributed by atoms with E-state index in [1.54, 1.807) is 30.5 Å². The zero-order chi connectivity index (χ0) is 14.4. The van der Waals surface area contributed by atoms with E-state index < -0.39 is 0 Å². The third-order valence-corrected chi connectivity index (χ3v) is 3.77. The molecule has 0 saturated heterocycles. The lowest BCUT2D eigenvalue weighted by atomic mass is 10.4. The molecule has 0 unspecified atom stereocenters. The van der Waals surface area contributed by atoms with E-state index in [9.17, 15) is 4.79 Å². The zero-order valence-electron chi connectivity index (χ0n) is 10.7. The first-order valence-electron chi connectivity index (χ1n) is 5.94. The Bertz CT molecular complexity index is 582. The van der Waals surface area contributed by atoms with Crippen molar-refractivity contribution in [3.05, 3.63) is 53.4 Å². The van der Waals surface area contributed by atoms with Crippen LogP contribution in [-0.4, -0.2) is 17.4 Å². The fourth-order valence-electron chi connectivity index (χ4n) is 1.39. The van der Waals surface area contributed by atoms with Gasteiger partial charge in [0.25, 0.3) is 5.91 Å². The van der Waals surface area contributed by atoms with Crippen LogP contribution in [-0.2, 0) is 4.79 Å². The van der Waals surface area contributed by atoms with Gasteiger partial charge in [0.1, 0.15) is 5.76 Å². The third kappa shape index (κ3) is 4.43. The molecule has 1 aromatic carbocycles. The van der Waals surface area contributed by atoms with E-state index in [1.165, 1.54) is 18.0 Å². The van der Waals surface area contributed by atoms with Crippen molar-refractivity contribution in [1.29, 1.82) is 0 Å². The Labute approximate surface area is 126 Å². The quantitative estimate of drug-likeness (QED) is 0.522. The average molecular weight is 309 g/mol. The largest absolute Gasteiger partial charge is 0.463 e. The first kappa shape index (κ1) is 14.7. The molecule has 4 nitrogen and oxygen atoms in total. The summed E-state index contributed by atoms with van der Waals surface area (Å²) >= 11 is 7.25. The second-order valence-electron chi connectivity index (χ2n) is 3.96. The molecule has 1 amide bonds. The first-order chi connectivity index (χ1) is 9.65. The summed E-state index contributed by atoms with van der Waals surface area (Å²) in [6.45, 7) is 1.82. The molecule has 0 bridgehead atoms. The molecular weight excluding hydrogens is 296 g/mol. The molecule has 0 aliphatic heterocycles. The number of carbonyl (C=O) groups is 1. The van der Waals surface area contributed by atoms with Crippen LogP contribution in [0.3, 0.4) is 0 Å². The molecule has 20 heavy (non-hydrogen) atoms. The number of carbonyl (C=O) groups excluding carboxylic acids is 1. The van der Waals surface area contributed by atoms with Gasteiger partial charge in [-0.05, 0) is 43.3 Å². The first-order valence-corrected chi connectivity index (χ1v) is 7.19. The molecule has 0 aliphatic rings. The Balaban J connectivity index is 1.84. The van der Waals surface area contributed by atoms with E-state index in [4.69, 9.17) is 16.0 Å². The van der Waals surface area contributed by atoms with Crippen LogP contribution < -0.4 is 5.43 Å². The number of benzene rings is 1. The maximum absolute atomic E-state index is 11.8. The Morgan fingerprint density at radius 3 is 2.80 bits per heavy atom. The minimum Gasteiger partial charge on any atom is -0.463 e. The van der Waals surface area contributed by atoms with Crippen molar-refractivity contribution in [2.45, 2.75) is 17.1 Å². The van der Waals surface area contributed by atoms with E-state index in [1.807, 2.05) is 19.1 Å². The van der Waals surface area contributed by atoms with E-state index in [0.29, 0.717) is 10.8 Å². The predicted octanol–water partition coefficient (Wildman–Crippen LogP) is 3.56. The summed E-state index contributed by atoms with van der Waals surface area (Å²) in [5, 5.41) is 4.25. The number of thioether (sulfide) groups is 1. The zero-order valence-corrected chi connectivity index (χ0v) is 12.3. The van der Waals surface area contributed by atoms with Crippen molar-refractivity contribution in [3.63, 3.8) is 0 Å². The molecule has 0 saturated carbocycles. The molecule has 0 radical (unpaired) electrons. The number of halogens is 1. The molecule has 1 atom stereocenters. The highest BCUT2D eigenvalue weighted by atomic mass is 35.5. The fraction of sp³-hybridized carbons (Fsp3) is 0.143. The molecule has 0 aliphatic carbocycles. The number of amides is 1. The van der Waals surface area contributed by atoms with Gasteiger partial charge in [-0.2, -0.15) is 5.10 Å². The van der Waals surface area contributed by atoms with Gasteiger partial charge >= 0.3 is 0 Å². The van der Waals surface area contributed by atoms with Crippen LogP contribution in [0.1, 0.15) is 12.7 Å². The molecule has 2 aromatic rings. The van der Waals surface area contributed by atoms with Crippen LogP contribution in [0.5, 0.6) is 0 Å². The highest BCUT2D eigenvalue weighted by molar-refractivity contribution is 8.00. The van der Waals surface area contributed by atoms with Crippen LogP contribution in [0.25, 0.3) is 0 Å². The maximum atomic E-state index is 11.8. The lowest BCUT2D eigenvalue weighted by molar-refractivity contribution is -0.120. The lowest BCUT2D eigenvalue weighted by Crippen LogP contribution is -2.26. The van der Waals surface area contributed by atoms with Gasteiger partial charge in [-0.1, -0.05) is 11.6 Å². The number of nitrogens with zero attached hydrogens (tertiary/aromatic N) is 1. The van der Waals surface area contributed by atoms with Crippen LogP contribution >= 0.6 is 23.4 Å². The number of hydrogen-bond acceptors (Lipinski definition) is 4. The van der Waals surface area contributed by atoms with Gasteiger partial charge in [0.05, 0.1) is 17.7 Å². The van der Waals surface area contributed by atoms with Crippen molar-refractivity contribution in [2.24, 2.45) is 5.10 Å². The van der Waals surface area contributed by atoms with Gasteiger partial charge in [0, 0.05) is 9.92 Å². The lowest BCUT2D eigenvalue weighted by Gasteiger charge is -2.09. The summed E-state index contributed by atoms with van der Waals surface area (Å²) in [6, 6.07) is 10.8. The van der Waals surface area contributed by atoms with Crippen molar-refractivity contribution in [2.75, 3.05) is 0 Å². The van der Waals surface area contributed by atoms with Gasteiger partial charge < -0.3 is 4.42 Å². The molecule has 0 fully saturated rings. The average Bonchev–Trinajstić information content (AvgIpc) is 2.94. The summed E-state index contributed by atoms with van der Waals surface area (Å²) in [5.74, 6) is 0.413. The normalized spacial score (nSPS) is 12.5. The third-order valence-electron chi connectivity index (χ3n) is 2.41. The predicted molar refractivity (Wildman–Crippen MR) is 81.2 cm³/mol. The summed E-state index contributed by atoms with van der Waals surface area (Å²) in [4.78, 5) is 12.8. The number of hydrogen-bond donors (Lipinski definition) is 1. The highest BCUT2D eigenvalue weighted by Gasteiger charge is 2.13. The van der Waals surface area contributed by atoms with Gasteiger partial charge in [-0.3, -0.25) is 4.79 Å². The molecule has 1 heterocycles. The highest BCUT2D eigenvalue weighted by Crippen LogP contribution is 2.24. The standard InChI is InChI=1S/C14H13ClN2O2S/c1-10(20-13-6-4-11(15)5-7-13)14(18)17-16-9-12-3-2-8-19-12/h2-10H,1H3,(H,17,18)/b16-9-/t10-/m1/s1. The number of hydrazone groups is 1. The molecule has 2 rings (SSSR count). The Morgan fingerprint density at radius 2 is 2.15 bits per heavy atom. The van der Waals surface area contributed by atoms with Crippen LogP contribution in [0.2, 0.25) is 5.02 Å². The second kappa shape index (κ2) is 7.17. The topological polar surface area (TPSA) is 54.6 Å². The van der Waals surface area contributed by atoms with Crippen molar-refractivity contribution < 1.29 is 9.21 Å². The minimum absolute atomic E-state index is 0.173. The molecular formula is C14H13ClN2O2S. The Kier molecular flexibility index (Phi) is 5.26. The van der Waals surface area contributed by atoms with E-state index in [0.717, 1.165) is 4.90 Å². The minimum atomic E-state index is -0.259. The monoisotopic (exact) mass is 308 g/mol. The number of nitrogens with one attached hydrogen (secondary N) is 1. The smallest absolute Gasteiger partial charge is 0.253 e. The molecule has 1 N–H and O–H groups in total. The van der Waals surface area contributed by atoms with Gasteiger partial charge in [0.2, 0.25) is 0 Å². The molecule has 0 spiro atoms. The second-order valence-corrected chi connectivity index (χ2v) is 5.81. The molecule has 104 valence electrons. The van der Waals surface area contributed by atoms with Crippen molar-refractivity contribution in [1.82, 2.24) is 5.43 Å². The number of rotatable bonds is 5. The Morgan fingerprint density at radius 1 is 1.40 bits per heavy atom. The van der Waals surface area contributed by atoms with Crippen molar-refractivity contribution in [3.8, 4) is 0 Å². The van der Waals surface area contributed by atoms with E-state index in [2.05, 4.69) is 10.5 Å². The number of furan rings is 1. The summed E-state index contributed by atoms with van der Waals surface area (Å²) < 4.78 is 5.06. The van der Waals surface area contributed by atoms with Crippen LogP contribution in [0.4, 0.5) is 0 Å². The Hall–Kier alpha value is -1.72. The summed E-state index contributed by atoms with van der Waals surface area (Å²) in [6.07, 6.45) is 3.00. The van der Waals surface area contributed by atoms with E-state index >= 15 is 0 Å². The summed E-state index contributed by atoms with van der Waals surface area (Å²) in [7, 11) is 0. The van der Waals surface area contributed by atoms with Gasteiger partial charge in [-0.15, -0.1) is 11.8 Å². The van der Waals surface area contributed by atoms with Gasteiger partial charge in [-0.25, -0.2) is 5.43 Å². The van der Waals surface area contributed by atoms with E-state index in [-0.39, 0.29) is 11.2 Å². The SMILES string of the molecule is C[C@@H](Sc1ccc(Cl)cc1)C(=O)N/N=C\c1ccco1. The van der Waals surface area contributed by atoms with Crippen LogP contribution in [0, 0.1) is 0 Å². The van der Waals surface area contributed by atoms with Crippen molar-refractivity contribution >= 4 is 35.5 Å². The van der Waals surface area contributed by atoms with Crippen LogP contribution in [0.15, 0.2) is 57.1 Å². The maximum Gasteiger partial charge on any atom is 0.253 e. The fourth-order valence-corrected chi connectivity index (χ4v) is 2.37. The summed E-state index contributed by atoms with van der Waals surface area (Å²) in [5.41, 5.74) is 2.48. The molecule has 6 heteroatoms. The van der Waals surface area contributed by atoms with Gasteiger partial charge in [0.15, 0.2) is 0 Å².